The molecule has 3 heterocycles. The summed E-state index contributed by atoms with van der Waals surface area (Å²) in [7, 11) is 0. The third-order valence-electron chi connectivity index (χ3n) is 2.96. The highest BCUT2D eigenvalue weighted by molar-refractivity contribution is 6.02. The van der Waals surface area contributed by atoms with Crippen molar-refractivity contribution in [2.75, 3.05) is 0 Å². The molecule has 1 N–H and O–H groups in total. The number of hydrogen-bond acceptors (Lipinski definition) is 3. The number of nitrogens with zero attached hydrogens (tertiary/aromatic N) is 2. The van der Waals surface area contributed by atoms with Gasteiger partial charge in [-0.2, -0.15) is 0 Å². The van der Waals surface area contributed by atoms with Gasteiger partial charge in [0.05, 0.1) is 0 Å². The molecule has 3 aromatic heterocycles. The molecule has 4 nitrogen and oxygen atoms in total. The van der Waals surface area contributed by atoms with Crippen LogP contribution in [-0.4, -0.2) is 15.0 Å². The average Bonchev–Trinajstić information content (AvgIpc) is 3.05. The van der Waals surface area contributed by atoms with Crippen molar-refractivity contribution in [1.82, 2.24) is 15.0 Å². The van der Waals surface area contributed by atoms with Crippen molar-refractivity contribution in [3.05, 3.63) is 48.8 Å². The first kappa shape index (κ1) is 9.41. The topological polar surface area (TPSA) is 54.7 Å². The molecule has 0 atom stereocenters. The maximum atomic E-state index is 5.73. The van der Waals surface area contributed by atoms with Crippen molar-refractivity contribution in [2.24, 2.45) is 0 Å². The minimum absolute atomic E-state index is 0.766. The van der Waals surface area contributed by atoms with E-state index < -0.39 is 0 Å². The first-order valence-corrected chi connectivity index (χ1v) is 5.70. The molecule has 0 bridgehead atoms. The molecule has 4 heteroatoms. The van der Waals surface area contributed by atoms with Crippen molar-refractivity contribution in [1.29, 1.82) is 0 Å². The molecule has 0 saturated carbocycles. The van der Waals surface area contributed by atoms with E-state index >= 15 is 0 Å². The predicted octanol–water partition coefficient (Wildman–Crippen LogP) is 3.37. The van der Waals surface area contributed by atoms with E-state index in [9.17, 15) is 0 Å². The molecule has 0 aliphatic rings. The van der Waals surface area contributed by atoms with Crippen molar-refractivity contribution in [3.8, 4) is 11.5 Å². The summed E-state index contributed by atoms with van der Waals surface area (Å²) in [4.78, 5) is 11.9. The predicted molar refractivity (Wildman–Crippen MR) is 69.1 cm³/mol. The molecule has 86 valence electrons. The normalized spacial score (nSPS) is 11.3. The van der Waals surface area contributed by atoms with Gasteiger partial charge in [0.1, 0.15) is 16.8 Å². The monoisotopic (exact) mass is 235 g/mol. The van der Waals surface area contributed by atoms with E-state index in [0.717, 1.165) is 33.6 Å². The van der Waals surface area contributed by atoms with Crippen molar-refractivity contribution < 1.29 is 4.42 Å². The molecule has 0 aliphatic heterocycles. The number of aromatic nitrogens is 3. The van der Waals surface area contributed by atoms with Crippen LogP contribution in [0.25, 0.3) is 33.6 Å². The fraction of sp³-hybridized carbons (Fsp3) is 0. The van der Waals surface area contributed by atoms with Crippen LogP contribution < -0.4 is 0 Å². The summed E-state index contributed by atoms with van der Waals surface area (Å²) < 4.78 is 5.73. The first-order valence-electron chi connectivity index (χ1n) is 5.70. The minimum atomic E-state index is 0.766. The summed E-state index contributed by atoms with van der Waals surface area (Å²) in [5, 5.41) is 1.03. The molecule has 4 rings (SSSR count). The van der Waals surface area contributed by atoms with E-state index in [1.165, 1.54) is 0 Å². The Kier molecular flexibility index (Phi) is 1.80. The number of imidazole rings is 1. The molecule has 0 spiro atoms. The lowest BCUT2D eigenvalue weighted by Gasteiger charge is -1.95. The molecule has 18 heavy (non-hydrogen) atoms. The number of benzene rings is 1. The third kappa shape index (κ3) is 1.26. The van der Waals surface area contributed by atoms with Crippen LogP contribution in [0.3, 0.4) is 0 Å². The van der Waals surface area contributed by atoms with E-state index in [0.29, 0.717) is 0 Å². The Hall–Kier alpha value is -2.62. The standard InChI is InChI=1S/C14H9N3O/c1-2-4-11-9(3-1)13-12(18-11)6-5-10(17-13)14-15-7-8-16-14/h1-8H,(H,15,16). The number of fused-ring (bicyclic) bond motifs is 3. The van der Waals surface area contributed by atoms with Crippen molar-refractivity contribution >= 4 is 22.1 Å². The second kappa shape index (κ2) is 3.43. The summed E-state index contributed by atoms with van der Waals surface area (Å²) in [6, 6.07) is 11.7. The highest BCUT2D eigenvalue weighted by Gasteiger charge is 2.09. The number of aromatic amines is 1. The van der Waals surface area contributed by atoms with E-state index in [1.54, 1.807) is 12.4 Å². The van der Waals surface area contributed by atoms with E-state index in [4.69, 9.17) is 4.42 Å². The molecular formula is C14H9N3O. The lowest BCUT2D eigenvalue weighted by molar-refractivity contribution is 0.668. The zero-order chi connectivity index (χ0) is 11.9. The lowest BCUT2D eigenvalue weighted by atomic mass is 10.2. The van der Waals surface area contributed by atoms with Gasteiger partial charge in [-0.1, -0.05) is 12.1 Å². The maximum absolute atomic E-state index is 5.73. The summed E-state index contributed by atoms with van der Waals surface area (Å²) in [5.74, 6) is 0.766. The Labute approximate surface area is 102 Å². The van der Waals surface area contributed by atoms with Crippen LogP contribution in [0.2, 0.25) is 0 Å². The molecule has 0 radical (unpaired) electrons. The summed E-state index contributed by atoms with van der Waals surface area (Å²) in [5.41, 5.74) is 3.35. The number of rotatable bonds is 1. The van der Waals surface area contributed by atoms with Crippen LogP contribution in [0, 0.1) is 0 Å². The van der Waals surface area contributed by atoms with Crippen LogP contribution in [-0.2, 0) is 0 Å². The Bertz CT molecular complexity index is 831. The molecule has 4 aromatic rings. The molecular weight excluding hydrogens is 226 g/mol. The Morgan fingerprint density at radius 1 is 1.00 bits per heavy atom. The summed E-state index contributed by atoms with van der Waals surface area (Å²) in [6.07, 6.45) is 3.50. The number of pyridine rings is 1. The van der Waals surface area contributed by atoms with Crippen molar-refractivity contribution in [3.63, 3.8) is 0 Å². The van der Waals surface area contributed by atoms with Crippen LogP contribution >= 0.6 is 0 Å². The van der Waals surface area contributed by atoms with Crippen LogP contribution in [0.15, 0.2) is 53.2 Å². The first-order chi connectivity index (χ1) is 8.92. The number of H-pyrrole nitrogens is 1. The zero-order valence-corrected chi connectivity index (χ0v) is 9.42. The Morgan fingerprint density at radius 3 is 2.83 bits per heavy atom. The van der Waals surface area contributed by atoms with E-state index in [1.807, 2.05) is 36.4 Å². The molecule has 0 saturated heterocycles. The van der Waals surface area contributed by atoms with Gasteiger partial charge in [-0.05, 0) is 24.3 Å². The third-order valence-corrected chi connectivity index (χ3v) is 2.96. The number of nitrogens with one attached hydrogen (secondary N) is 1. The van der Waals surface area contributed by atoms with Gasteiger partial charge in [-0.25, -0.2) is 9.97 Å². The number of furan rings is 1. The van der Waals surface area contributed by atoms with Gasteiger partial charge in [-0.15, -0.1) is 0 Å². The fourth-order valence-corrected chi connectivity index (χ4v) is 2.13. The van der Waals surface area contributed by atoms with Gasteiger partial charge in [0.15, 0.2) is 11.4 Å². The lowest BCUT2D eigenvalue weighted by Crippen LogP contribution is -1.85. The smallest absolute Gasteiger partial charge is 0.155 e. The highest BCUT2D eigenvalue weighted by Crippen LogP contribution is 2.28. The van der Waals surface area contributed by atoms with Crippen molar-refractivity contribution in [2.45, 2.75) is 0 Å². The van der Waals surface area contributed by atoms with Gasteiger partial charge >= 0.3 is 0 Å². The molecule has 0 amide bonds. The van der Waals surface area contributed by atoms with Crippen LogP contribution in [0.5, 0.6) is 0 Å². The van der Waals surface area contributed by atoms with Gasteiger partial charge in [-0.3, -0.25) is 0 Å². The number of hydrogen-bond donors (Lipinski definition) is 1. The summed E-state index contributed by atoms with van der Waals surface area (Å²) >= 11 is 0. The fourth-order valence-electron chi connectivity index (χ4n) is 2.13. The Morgan fingerprint density at radius 2 is 1.94 bits per heavy atom. The molecule has 0 fully saturated rings. The summed E-state index contributed by atoms with van der Waals surface area (Å²) in [6.45, 7) is 0. The molecule has 0 unspecified atom stereocenters. The van der Waals surface area contributed by atoms with Crippen LogP contribution in [0.1, 0.15) is 0 Å². The van der Waals surface area contributed by atoms with E-state index in [-0.39, 0.29) is 0 Å². The largest absolute Gasteiger partial charge is 0.454 e. The second-order valence-corrected chi connectivity index (χ2v) is 4.08. The zero-order valence-electron chi connectivity index (χ0n) is 9.42. The molecule has 1 aromatic carbocycles. The quantitative estimate of drug-likeness (QED) is 0.550. The van der Waals surface area contributed by atoms with Gasteiger partial charge in [0.25, 0.3) is 0 Å². The molecule has 0 aliphatic carbocycles. The SMILES string of the molecule is c1ccc2c(c1)oc1ccc(-c3ncc[nH]3)nc12. The van der Waals surface area contributed by atoms with Gasteiger partial charge in [0.2, 0.25) is 0 Å². The van der Waals surface area contributed by atoms with Crippen LogP contribution in [0.4, 0.5) is 0 Å². The Balaban J connectivity index is 2.07. The highest BCUT2D eigenvalue weighted by atomic mass is 16.3. The minimum Gasteiger partial charge on any atom is -0.454 e. The maximum Gasteiger partial charge on any atom is 0.155 e. The van der Waals surface area contributed by atoms with E-state index in [2.05, 4.69) is 15.0 Å². The average molecular weight is 235 g/mol. The number of para-hydroxylation sites is 1. The van der Waals surface area contributed by atoms with Gasteiger partial charge in [0, 0.05) is 17.8 Å². The second-order valence-electron chi connectivity index (χ2n) is 4.08. The van der Waals surface area contributed by atoms with Gasteiger partial charge < -0.3 is 9.40 Å².